The van der Waals surface area contributed by atoms with Crippen molar-refractivity contribution in [3.05, 3.63) is 41.2 Å². The van der Waals surface area contributed by atoms with Gasteiger partial charge in [-0.25, -0.2) is 0 Å². The summed E-state index contributed by atoms with van der Waals surface area (Å²) in [6.45, 7) is 6.63. The van der Waals surface area contributed by atoms with Crippen LogP contribution in [0, 0.1) is 0 Å². The Hall–Kier alpha value is -2.45. The summed E-state index contributed by atoms with van der Waals surface area (Å²) in [6.07, 6.45) is -4.57. The van der Waals surface area contributed by atoms with E-state index in [1.165, 1.54) is 10.9 Å². The molecule has 0 spiro atoms. The third-order valence-electron chi connectivity index (χ3n) is 4.90. The lowest BCUT2D eigenvalue weighted by Gasteiger charge is -2.46. The highest BCUT2D eigenvalue weighted by Crippen LogP contribution is 2.47. The number of hydrogen-bond donors (Lipinski definition) is 0. The second kappa shape index (κ2) is 6.31. The normalized spacial score (nSPS) is 20.5. The van der Waals surface area contributed by atoms with E-state index in [1.54, 1.807) is 18.2 Å². The monoisotopic (exact) mass is 381 g/mol. The van der Waals surface area contributed by atoms with E-state index in [0.29, 0.717) is 12.0 Å². The molecule has 1 aliphatic rings. The highest BCUT2D eigenvalue weighted by Gasteiger charge is 2.59. The zero-order valence-electron chi connectivity index (χ0n) is 15.7. The minimum absolute atomic E-state index is 0.0146. The highest BCUT2D eigenvalue weighted by atomic mass is 19.4. The first-order valence-electron chi connectivity index (χ1n) is 8.69. The summed E-state index contributed by atoms with van der Waals surface area (Å²) in [5.74, 6) is -0.559. The van der Waals surface area contributed by atoms with Crippen LogP contribution in [0.3, 0.4) is 0 Å². The van der Waals surface area contributed by atoms with Crippen LogP contribution in [0.1, 0.15) is 44.6 Å². The number of tetrazole rings is 1. The standard InChI is InChI=1S/C18H22F3N5O/c1-16(2,3)26-23-14(22-24-26)11-15(27)25-10-9-12-7-5-6-8-13(12)17(25,4)18(19,20)21/h5-8H,9-11H2,1-4H3. The molecule has 0 fully saturated rings. The molecule has 0 radical (unpaired) electrons. The molecule has 0 bridgehead atoms. The third kappa shape index (κ3) is 3.30. The zero-order valence-corrected chi connectivity index (χ0v) is 15.7. The second-order valence-corrected chi connectivity index (χ2v) is 7.87. The van der Waals surface area contributed by atoms with E-state index in [2.05, 4.69) is 15.4 Å². The van der Waals surface area contributed by atoms with Crippen molar-refractivity contribution in [2.24, 2.45) is 0 Å². The quantitative estimate of drug-likeness (QED) is 0.803. The van der Waals surface area contributed by atoms with Gasteiger partial charge >= 0.3 is 6.18 Å². The first kappa shape index (κ1) is 19.3. The number of rotatable bonds is 2. The van der Waals surface area contributed by atoms with E-state index >= 15 is 0 Å². The maximum Gasteiger partial charge on any atom is 0.415 e. The first-order valence-corrected chi connectivity index (χ1v) is 8.69. The lowest BCUT2D eigenvalue weighted by Crippen LogP contribution is -2.59. The molecule has 27 heavy (non-hydrogen) atoms. The maximum atomic E-state index is 14.1. The summed E-state index contributed by atoms with van der Waals surface area (Å²) in [6, 6.07) is 6.39. The van der Waals surface area contributed by atoms with Gasteiger partial charge in [-0.15, -0.1) is 10.2 Å². The van der Waals surface area contributed by atoms with Crippen molar-refractivity contribution in [1.29, 1.82) is 0 Å². The van der Waals surface area contributed by atoms with Crippen LogP contribution in [-0.2, 0) is 28.7 Å². The Morgan fingerprint density at radius 1 is 1.22 bits per heavy atom. The number of amides is 1. The van der Waals surface area contributed by atoms with Crippen LogP contribution in [0.5, 0.6) is 0 Å². The average Bonchev–Trinajstić information content (AvgIpc) is 3.03. The number of alkyl halides is 3. The Morgan fingerprint density at radius 3 is 2.48 bits per heavy atom. The summed E-state index contributed by atoms with van der Waals surface area (Å²) in [4.78, 5) is 15.1. The Morgan fingerprint density at radius 2 is 1.89 bits per heavy atom. The van der Waals surface area contributed by atoms with Crippen LogP contribution >= 0.6 is 0 Å². The molecule has 3 rings (SSSR count). The minimum atomic E-state index is -4.62. The van der Waals surface area contributed by atoms with Crippen LogP contribution in [0.25, 0.3) is 0 Å². The lowest BCUT2D eigenvalue weighted by molar-refractivity contribution is -0.234. The van der Waals surface area contributed by atoms with Crippen molar-refractivity contribution in [1.82, 2.24) is 25.1 Å². The first-order chi connectivity index (χ1) is 12.4. The molecule has 0 N–H and O–H groups in total. The molecule has 2 heterocycles. The number of carbonyl (C=O) groups is 1. The minimum Gasteiger partial charge on any atom is -0.324 e. The molecule has 1 unspecified atom stereocenters. The van der Waals surface area contributed by atoms with Gasteiger partial charge in [0.2, 0.25) is 5.91 Å². The number of benzene rings is 1. The van der Waals surface area contributed by atoms with Crippen LogP contribution < -0.4 is 0 Å². The van der Waals surface area contributed by atoms with E-state index < -0.39 is 23.2 Å². The lowest BCUT2D eigenvalue weighted by atomic mass is 9.81. The molecule has 1 atom stereocenters. The molecule has 0 saturated carbocycles. The van der Waals surface area contributed by atoms with Crippen molar-refractivity contribution in [2.75, 3.05) is 6.54 Å². The van der Waals surface area contributed by atoms with Gasteiger partial charge in [-0.2, -0.15) is 18.0 Å². The summed E-state index contributed by atoms with van der Waals surface area (Å²) in [5.41, 5.74) is -2.10. The van der Waals surface area contributed by atoms with Crippen molar-refractivity contribution >= 4 is 5.91 Å². The zero-order chi connectivity index (χ0) is 20.0. The Kier molecular flexibility index (Phi) is 4.52. The Balaban J connectivity index is 1.93. The van der Waals surface area contributed by atoms with Gasteiger partial charge in [-0.1, -0.05) is 24.3 Å². The van der Waals surface area contributed by atoms with Gasteiger partial charge in [0, 0.05) is 6.54 Å². The molecule has 0 aliphatic carbocycles. The molecule has 2 aromatic rings. The fraction of sp³-hybridized carbons (Fsp3) is 0.556. The molecule has 1 aliphatic heterocycles. The predicted molar refractivity (Wildman–Crippen MR) is 91.8 cm³/mol. The molecule has 1 amide bonds. The molecule has 1 aromatic heterocycles. The second-order valence-electron chi connectivity index (χ2n) is 7.87. The molecular weight excluding hydrogens is 359 g/mol. The number of aromatic nitrogens is 4. The van der Waals surface area contributed by atoms with Crippen molar-refractivity contribution < 1.29 is 18.0 Å². The van der Waals surface area contributed by atoms with E-state index in [0.717, 1.165) is 11.8 Å². The van der Waals surface area contributed by atoms with E-state index in [9.17, 15) is 18.0 Å². The molecular formula is C18H22F3N5O. The summed E-state index contributed by atoms with van der Waals surface area (Å²) in [7, 11) is 0. The van der Waals surface area contributed by atoms with Crippen LogP contribution in [0.2, 0.25) is 0 Å². The smallest absolute Gasteiger partial charge is 0.324 e. The summed E-state index contributed by atoms with van der Waals surface area (Å²) in [5, 5.41) is 11.9. The van der Waals surface area contributed by atoms with E-state index in [1.807, 2.05) is 20.8 Å². The van der Waals surface area contributed by atoms with Gasteiger partial charge in [0.15, 0.2) is 11.4 Å². The van der Waals surface area contributed by atoms with Gasteiger partial charge in [0.05, 0.1) is 12.0 Å². The number of halogens is 3. The number of fused-ring (bicyclic) bond motifs is 1. The largest absolute Gasteiger partial charge is 0.415 e. The van der Waals surface area contributed by atoms with Crippen molar-refractivity contribution in [3.63, 3.8) is 0 Å². The van der Waals surface area contributed by atoms with Gasteiger partial charge < -0.3 is 4.90 Å². The van der Waals surface area contributed by atoms with Crippen molar-refractivity contribution in [3.8, 4) is 0 Å². The van der Waals surface area contributed by atoms with Gasteiger partial charge in [0.1, 0.15) is 0 Å². The van der Waals surface area contributed by atoms with E-state index in [-0.39, 0.29) is 24.4 Å². The molecule has 146 valence electrons. The molecule has 0 saturated heterocycles. The van der Waals surface area contributed by atoms with Gasteiger partial charge in [-0.05, 0) is 50.5 Å². The molecule has 6 nitrogen and oxygen atoms in total. The molecule has 9 heteroatoms. The number of hydrogen-bond acceptors (Lipinski definition) is 4. The van der Waals surface area contributed by atoms with Crippen molar-refractivity contribution in [2.45, 2.75) is 57.8 Å². The topological polar surface area (TPSA) is 63.9 Å². The predicted octanol–water partition coefficient (Wildman–Crippen LogP) is 2.83. The maximum absolute atomic E-state index is 14.1. The number of nitrogens with zero attached hydrogens (tertiary/aromatic N) is 5. The Labute approximate surface area is 155 Å². The molecule has 1 aromatic carbocycles. The number of carbonyl (C=O) groups excluding carboxylic acids is 1. The summed E-state index contributed by atoms with van der Waals surface area (Å²) >= 11 is 0. The average molecular weight is 381 g/mol. The highest BCUT2D eigenvalue weighted by molar-refractivity contribution is 5.79. The Bertz CT molecular complexity index is 855. The van der Waals surface area contributed by atoms with E-state index in [4.69, 9.17) is 0 Å². The fourth-order valence-corrected chi connectivity index (χ4v) is 3.32. The SMILES string of the molecule is CC(C)(C)n1nnc(CC(=O)N2CCc3ccccc3C2(C)C(F)(F)F)n1. The van der Waals surface area contributed by atoms with Crippen LogP contribution in [0.15, 0.2) is 24.3 Å². The third-order valence-corrected chi connectivity index (χ3v) is 4.90. The summed E-state index contributed by atoms with van der Waals surface area (Å²) < 4.78 is 42.2. The van der Waals surface area contributed by atoms with Crippen LogP contribution in [0.4, 0.5) is 13.2 Å². The van der Waals surface area contributed by atoms with Gasteiger partial charge in [-0.3, -0.25) is 4.79 Å². The van der Waals surface area contributed by atoms with Crippen LogP contribution in [-0.4, -0.2) is 43.7 Å². The van der Waals surface area contributed by atoms with Gasteiger partial charge in [0.25, 0.3) is 0 Å². The fourth-order valence-electron chi connectivity index (χ4n) is 3.32.